The van der Waals surface area contributed by atoms with Gasteiger partial charge in [-0.1, -0.05) is 78.7 Å². The van der Waals surface area contributed by atoms with Crippen molar-refractivity contribution in [1.82, 2.24) is 4.90 Å². The van der Waals surface area contributed by atoms with Gasteiger partial charge in [-0.2, -0.15) is 0 Å². The Kier molecular flexibility index (Phi) is 14.0. The Morgan fingerprint density at radius 2 is 1.66 bits per heavy atom. The summed E-state index contributed by atoms with van der Waals surface area (Å²) in [7, 11) is 3.25. The number of rotatable bonds is 19. The second-order valence-electron chi connectivity index (χ2n) is 14.8. The first-order chi connectivity index (χ1) is 27.4. The topological polar surface area (TPSA) is 119 Å². The zero-order chi connectivity index (χ0) is 39.5. The summed E-state index contributed by atoms with van der Waals surface area (Å²) in [5.74, 6) is 0.306. The van der Waals surface area contributed by atoms with E-state index in [1.54, 1.807) is 24.1 Å². The van der Waals surface area contributed by atoms with Crippen LogP contribution in [-0.2, 0) is 14.3 Å². The number of carbonyl (C=O) groups excluding carboxylic acids is 1. The van der Waals surface area contributed by atoms with Crippen molar-refractivity contribution in [3.63, 3.8) is 0 Å². The van der Waals surface area contributed by atoms with Crippen molar-refractivity contribution in [1.29, 1.82) is 0 Å². The van der Waals surface area contributed by atoms with Crippen molar-refractivity contribution in [3.8, 4) is 28.4 Å². The number of allylic oxidation sites excluding steroid dienone is 1. The summed E-state index contributed by atoms with van der Waals surface area (Å²) in [5.41, 5.74) is 4.89. The Hall–Kier alpha value is -4.90. The number of unbranched alkanes of at least 4 members (excludes halogenated alkanes) is 2. The SMILES string of the molecule is C=CCCOC(=O)N(C)C1CC(=NOC)C2=CC(CCCCO)C(CCCCO)C3c4cc(Oc5ccc(-c6ccccc6)cc5)ccc4OC1(OCC=C)C23. The Balaban J connectivity index is 1.49. The monoisotopic (exact) mass is 764 g/mol. The van der Waals surface area contributed by atoms with E-state index >= 15 is 0 Å². The van der Waals surface area contributed by atoms with Gasteiger partial charge in [-0.15, -0.1) is 13.2 Å². The zero-order valence-electron chi connectivity index (χ0n) is 32.7. The molecule has 10 nitrogen and oxygen atoms in total. The van der Waals surface area contributed by atoms with E-state index in [1.165, 1.54) is 7.11 Å². The lowest BCUT2D eigenvalue weighted by Crippen LogP contribution is -2.69. The van der Waals surface area contributed by atoms with Crippen molar-refractivity contribution in [2.24, 2.45) is 22.9 Å². The van der Waals surface area contributed by atoms with E-state index in [1.807, 2.05) is 42.5 Å². The molecule has 3 aromatic carbocycles. The lowest BCUT2D eigenvalue weighted by Gasteiger charge is -2.59. The van der Waals surface area contributed by atoms with Crippen LogP contribution < -0.4 is 9.47 Å². The predicted octanol–water partition coefficient (Wildman–Crippen LogP) is 9.05. The third-order valence-electron chi connectivity index (χ3n) is 11.3. The molecule has 2 N–H and O–H groups in total. The van der Waals surface area contributed by atoms with Gasteiger partial charge in [-0.25, -0.2) is 4.79 Å². The minimum atomic E-state index is -1.35. The number of carbonyl (C=O) groups is 1. The third kappa shape index (κ3) is 8.73. The summed E-state index contributed by atoms with van der Waals surface area (Å²) < 4.78 is 26.3. The molecule has 1 saturated carbocycles. The van der Waals surface area contributed by atoms with Gasteiger partial charge in [0.2, 0.25) is 5.79 Å². The molecule has 6 rings (SSSR count). The van der Waals surface area contributed by atoms with E-state index in [-0.39, 0.29) is 44.2 Å². The molecule has 1 fully saturated rings. The van der Waals surface area contributed by atoms with Gasteiger partial charge >= 0.3 is 6.09 Å². The normalized spacial score (nSPS) is 24.2. The number of hydrogen-bond donors (Lipinski definition) is 2. The molecule has 6 unspecified atom stereocenters. The summed E-state index contributed by atoms with van der Waals surface area (Å²) in [4.78, 5) is 20.8. The molecule has 3 aliphatic rings. The highest BCUT2D eigenvalue weighted by Gasteiger charge is 2.65. The average molecular weight is 765 g/mol. The number of fused-ring (bicyclic) bond motifs is 2. The van der Waals surface area contributed by atoms with Crippen LogP contribution in [0, 0.1) is 17.8 Å². The molecule has 0 aromatic heterocycles. The Labute approximate surface area is 331 Å². The van der Waals surface area contributed by atoms with Gasteiger partial charge in [0.1, 0.15) is 30.4 Å². The van der Waals surface area contributed by atoms with Crippen molar-refractivity contribution < 1.29 is 38.8 Å². The molecular weight excluding hydrogens is 709 g/mol. The molecular formula is C46H56N2O8. The zero-order valence-corrected chi connectivity index (χ0v) is 32.7. The van der Waals surface area contributed by atoms with Gasteiger partial charge < -0.3 is 38.9 Å². The first-order valence-corrected chi connectivity index (χ1v) is 19.8. The van der Waals surface area contributed by atoms with Crippen LogP contribution in [0.15, 0.2) is 115 Å². The highest BCUT2D eigenvalue weighted by molar-refractivity contribution is 6.02. The quantitative estimate of drug-likeness (QED) is 0.0706. The molecule has 56 heavy (non-hydrogen) atoms. The minimum absolute atomic E-state index is 0.0937. The van der Waals surface area contributed by atoms with Crippen LogP contribution in [0.25, 0.3) is 11.1 Å². The van der Waals surface area contributed by atoms with Gasteiger partial charge in [-0.3, -0.25) is 0 Å². The molecule has 1 aliphatic heterocycles. The van der Waals surface area contributed by atoms with Gasteiger partial charge in [-0.05, 0) is 91.0 Å². The fourth-order valence-electron chi connectivity index (χ4n) is 8.84. The van der Waals surface area contributed by atoms with Crippen LogP contribution in [-0.4, -0.2) is 79.3 Å². The van der Waals surface area contributed by atoms with Crippen molar-refractivity contribution >= 4 is 11.8 Å². The Bertz CT molecular complexity index is 1840. The molecule has 1 amide bonds. The third-order valence-corrected chi connectivity index (χ3v) is 11.3. The molecule has 1 heterocycles. The number of hydrogen-bond acceptors (Lipinski definition) is 9. The molecule has 0 saturated heterocycles. The van der Waals surface area contributed by atoms with Crippen LogP contribution >= 0.6 is 0 Å². The second-order valence-corrected chi connectivity index (χ2v) is 14.8. The van der Waals surface area contributed by atoms with Crippen molar-refractivity contribution in [2.75, 3.05) is 40.6 Å². The van der Waals surface area contributed by atoms with Crippen LogP contribution in [0.2, 0.25) is 0 Å². The van der Waals surface area contributed by atoms with E-state index in [9.17, 15) is 15.0 Å². The van der Waals surface area contributed by atoms with Crippen molar-refractivity contribution in [2.45, 2.75) is 69.1 Å². The summed E-state index contributed by atoms with van der Waals surface area (Å²) >= 11 is 0. The first-order valence-electron chi connectivity index (χ1n) is 19.8. The van der Waals surface area contributed by atoms with E-state index in [0.29, 0.717) is 42.9 Å². The number of nitrogens with zero attached hydrogens (tertiary/aromatic N) is 2. The molecule has 0 bridgehead atoms. The van der Waals surface area contributed by atoms with Crippen LogP contribution in [0.5, 0.6) is 17.2 Å². The highest BCUT2D eigenvalue weighted by Crippen LogP contribution is 2.62. The van der Waals surface area contributed by atoms with Crippen LogP contribution in [0.4, 0.5) is 4.79 Å². The number of ether oxygens (including phenoxy) is 4. The Morgan fingerprint density at radius 3 is 2.36 bits per heavy atom. The maximum Gasteiger partial charge on any atom is 0.409 e. The van der Waals surface area contributed by atoms with E-state index in [2.05, 4.69) is 54.7 Å². The fourth-order valence-corrected chi connectivity index (χ4v) is 8.84. The number of likely N-dealkylation sites (N-methyl/N-ethyl adjacent to an activating group) is 1. The maximum atomic E-state index is 13.7. The summed E-state index contributed by atoms with van der Waals surface area (Å²) in [6, 6.07) is 23.6. The van der Waals surface area contributed by atoms with E-state index in [4.69, 9.17) is 23.8 Å². The summed E-state index contributed by atoms with van der Waals surface area (Å²) in [6.45, 7) is 8.33. The average Bonchev–Trinajstić information content (AvgIpc) is 3.22. The summed E-state index contributed by atoms with van der Waals surface area (Å²) in [5, 5.41) is 24.2. The number of aliphatic hydroxyl groups excluding tert-OH is 2. The number of benzene rings is 3. The fraction of sp³-hybridized carbons (Fsp3) is 0.435. The molecule has 298 valence electrons. The first kappa shape index (κ1) is 40.8. The molecule has 0 spiro atoms. The van der Waals surface area contributed by atoms with Crippen molar-refractivity contribution in [3.05, 3.63) is 115 Å². The van der Waals surface area contributed by atoms with Gasteiger partial charge in [0.15, 0.2) is 0 Å². The van der Waals surface area contributed by atoms with Crippen LogP contribution in [0.3, 0.4) is 0 Å². The lowest BCUT2D eigenvalue weighted by atomic mass is 9.55. The molecule has 10 heteroatoms. The van der Waals surface area contributed by atoms with Gasteiger partial charge in [0, 0.05) is 38.2 Å². The summed E-state index contributed by atoms with van der Waals surface area (Å²) in [6.07, 6.45) is 10.8. The molecule has 6 atom stereocenters. The van der Waals surface area contributed by atoms with Crippen LogP contribution in [0.1, 0.15) is 62.8 Å². The van der Waals surface area contributed by atoms with E-state index < -0.39 is 23.8 Å². The number of oxime groups is 1. The number of aliphatic hydroxyl groups is 2. The lowest BCUT2D eigenvalue weighted by molar-refractivity contribution is -0.253. The van der Waals surface area contributed by atoms with Gasteiger partial charge in [0.25, 0.3) is 0 Å². The molecule has 2 aliphatic carbocycles. The smallest absolute Gasteiger partial charge is 0.409 e. The molecule has 0 radical (unpaired) electrons. The van der Waals surface area contributed by atoms with E-state index in [0.717, 1.165) is 53.7 Å². The van der Waals surface area contributed by atoms with Gasteiger partial charge in [0.05, 0.1) is 24.8 Å². The second kappa shape index (κ2) is 19.3. The maximum absolute atomic E-state index is 13.7. The number of amides is 1. The highest BCUT2D eigenvalue weighted by atomic mass is 16.7. The standard InChI is InChI=1S/C46H56N2O8/c1-5-7-28-53-45(51)48(3)42-31-40(47-52-4)38-29-34(17-11-13-25-49)37(18-12-14-26-50)43-39-30-36(23-24-41(39)56-46(42,44(38)43)54-27-6-2)55-35-21-19-33(20-22-35)32-15-9-8-10-16-32/h5-6,8-10,15-16,19-24,29-30,34,37,42-44,49-50H,1-2,7,11-14,17-18,25-28,31H2,3-4H3. The predicted molar refractivity (Wildman–Crippen MR) is 218 cm³/mol. The largest absolute Gasteiger partial charge is 0.459 e. The molecule has 3 aromatic rings. The minimum Gasteiger partial charge on any atom is -0.459 e. The Morgan fingerprint density at radius 1 is 0.946 bits per heavy atom.